The Bertz CT molecular complexity index is 644. The van der Waals surface area contributed by atoms with Crippen molar-refractivity contribution >= 4 is 11.8 Å². The van der Waals surface area contributed by atoms with Crippen molar-refractivity contribution in [1.29, 1.82) is 5.26 Å². The van der Waals surface area contributed by atoms with Gasteiger partial charge < -0.3 is 0 Å². The van der Waals surface area contributed by atoms with Crippen LogP contribution in [0.5, 0.6) is 0 Å². The fourth-order valence-corrected chi connectivity index (χ4v) is 2.80. The molecule has 1 aromatic heterocycles. The maximum atomic E-state index is 9.24. The highest BCUT2D eigenvalue weighted by molar-refractivity contribution is 7.98. The van der Waals surface area contributed by atoms with E-state index >= 15 is 0 Å². The second kappa shape index (κ2) is 5.85. The summed E-state index contributed by atoms with van der Waals surface area (Å²) >= 11 is 1.57. The molecule has 0 amide bonds. The van der Waals surface area contributed by atoms with E-state index in [4.69, 9.17) is 0 Å². The number of nitriles is 1. The molecule has 96 valence electrons. The van der Waals surface area contributed by atoms with Crippen molar-refractivity contribution in [2.45, 2.75) is 31.6 Å². The number of hydrogen-bond donors (Lipinski definition) is 0. The van der Waals surface area contributed by atoms with Crippen LogP contribution in [0, 0.1) is 32.1 Å². The number of aryl methyl sites for hydroxylation is 2. The van der Waals surface area contributed by atoms with Crippen LogP contribution in [0.4, 0.5) is 0 Å². The molecule has 3 nitrogen and oxygen atoms in total. The zero-order valence-corrected chi connectivity index (χ0v) is 12.1. The molecule has 0 N–H and O–H groups in total. The molecule has 0 aliphatic heterocycles. The highest BCUT2D eigenvalue weighted by Gasteiger charge is 2.11. The third-order valence-corrected chi connectivity index (χ3v) is 4.17. The van der Waals surface area contributed by atoms with E-state index in [9.17, 15) is 5.26 Å². The summed E-state index contributed by atoms with van der Waals surface area (Å²) in [6.07, 6.45) is 0. The van der Waals surface area contributed by atoms with Gasteiger partial charge in [0.15, 0.2) is 0 Å². The smallest absolute Gasteiger partial charge is 0.137 e. The third kappa shape index (κ3) is 2.94. The minimum absolute atomic E-state index is 0.645. The predicted octanol–water partition coefficient (Wildman–Crippen LogP) is 3.57. The Morgan fingerprint density at radius 1 is 1.16 bits per heavy atom. The van der Waals surface area contributed by atoms with Crippen molar-refractivity contribution in [2.24, 2.45) is 0 Å². The molecule has 1 aromatic carbocycles. The Labute approximate surface area is 117 Å². The van der Waals surface area contributed by atoms with Crippen LogP contribution >= 0.6 is 11.8 Å². The van der Waals surface area contributed by atoms with Crippen molar-refractivity contribution in [2.75, 3.05) is 0 Å². The first-order chi connectivity index (χ1) is 9.13. The van der Waals surface area contributed by atoms with Crippen LogP contribution in [-0.4, -0.2) is 10.2 Å². The molecule has 0 unspecified atom stereocenters. The molecule has 0 saturated heterocycles. The highest BCUT2D eigenvalue weighted by Crippen LogP contribution is 2.27. The molecule has 1 heterocycles. The fraction of sp³-hybridized carbons (Fsp3) is 0.267. The molecule has 0 fully saturated rings. The van der Waals surface area contributed by atoms with Crippen molar-refractivity contribution in [3.05, 3.63) is 52.2 Å². The Kier molecular flexibility index (Phi) is 4.18. The highest BCUT2D eigenvalue weighted by atomic mass is 32.2. The fourth-order valence-electron chi connectivity index (χ4n) is 1.74. The number of nitrogens with zero attached hydrogens (tertiary/aromatic N) is 3. The van der Waals surface area contributed by atoms with Crippen LogP contribution < -0.4 is 0 Å². The van der Waals surface area contributed by atoms with Gasteiger partial charge in [-0.2, -0.15) is 10.4 Å². The molecule has 0 radical (unpaired) electrons. The van der Waals surface area contributed by atoms with E-state index in [0.29, 0.717) is 10.6 Å². The van der Waals surface area contributed by atoms with E-state index in [2.05, 4.69) is 35.3 Å². The van der Waals surface area contributed by atoms with Crippen LogP contribution in [0.25, 0.3) is 0 Å². The number of thioether (sulfide) groups is 1. The molecular weight excluding hydrogens is 254 g/mol. The summed E-state index contributed by atoms with van der Waals surface area (Å²) in [7, 11) is 0. The summed E-state index contributed by atoms with van der Waals surface area (Å²) in [5, 5.41) is 18.2. The summed E-state index contributed by atoms with van der Waals surface area (Å²) in [6, 6.07) is 10.5. The van der Waals surface area contributed by atoms with Crippen LogP contribution in [0.3, 0.4) is 0 Å². The minimum Gasteiger partial charge on any atom is -0.192 e. The van der Waals surface area contributed by atoms with Gasteiger partial charge in [-0.25, -0.2) is 0 Å². The lowest BCUT2D eigenvalue weighted by Gasteiger charge is -2.08. The van der Waals surface area contributed by atoms with Gasteiger partial charge in [-0.05, 0) is 37.5 Å². The third-order valence-electron chi connectivity index (χ3n) is 3.16. The molecule has 0 spiro atoms. The quantitative estimate of drug-likeness (QED) is 0.799. The summed E-state index contributed by atoms with van der Waals surface area (Å²) < 4.78 is 0. The molecule has 19 heavy (non-hydrogen) atoms. The number of hydrogen-bond acceptors (Lipinski definition) is 4. The molecular formula is C15H15N3S. The Morgan fingerprint density at radius 3 is 2.58 bits per heavy atom. The Hall–Kier alpha value is -1.86. The van der Waals surface area contributed by atoms with Gasteiger partial charge in [0, 0.05) is 5.75 Å². The van der Waals surface area contributed by atoms with E-state index < -0.39 is 0 Å². The zero-order chi connectivity index (χ0) is 13.8. The van der Waals surface area contributed by atoms with Crippen molar-refractivity contribution in [3.8, 4) is 6.07 Å². The van der Waals surface area contributed by atoms with Crippen molar-refractivity contribution in [3.63, 3.8) is 0 Å². The van der Waals surface area contributed by atoms with Crippen LogP contribution in [0.2, 0.25) is 0 Å². The summed E-state index contributed by atoms with van der Waals surface area (Å²) in [5.41, 5.74) is 4.90. The zero-order valence-electron chi connectivity index (χ0n) is 11.3. The standard InChI is InChI=1S/C15H15N3S/c1-10-6-4-5-7-13(10)9-19-15-14(8-16)11(2)12(3)17-18-15/h4-7H,9H2,1-3H3. The maximum Gasteiger partial charge on any atom is 0.137 e. The largest absolute Gasteiger partial charge is 0.192 e. The van der Waals surface area contributed by atoms with Crippen LogP contribution in [0.1, 0.15) is 27.9 Å². The molecule has 4 heteroatoms. The van der Waals surface area contributed by atoms with Gasteiger partial charge in [0.25, 0.3) is 0 Å². The van der Waals surface area contributed by atoms with Crippen molar-refractivity contribution < 1.29 is 0 Å². The lowest BCUT2D eigenvalue weighted by molar-refractivity contribution is 0.871. The maximum absolute atomic E-state index is 9.24. The first-order valence-corrected chi connectivity index (χ1v) is 7.03. The second-order valence-electron chi connectivity index (χ2n) is 4.42. The molecule has 0 saturated carbocycles. The van der Waals surface area contributed by atoms with Crippen molar-refractivity contribution in [1.82, 2.24) is 10.2 Å². The van der Waals surface area contributed by atoms with Gasteiger partial charge in [-0.15, -0.1) is 5.10 Å². The van der Waals surface area contributed by atoms with Gasteiger partial charge >= 0.3 is 0 Å². The first-order valence-electron chi connectivity index (χ1n) is 6.04. The lowest BCUT2D eigenvalue weighted by atomic mass is 10.1. The SMILES string of the molecule is Cc1ccccc1CSc1nnc(C)c(C)c1C#N. The monoisotopic (exact) mass is 269 g/mol. The molecule has 2 aromatic rings. The Morgan fingerprint density at radius 2 is 1.89 bits per heavy atom. The first kappa shape index (κ1) is 13.6. The Balaban J connectivity index is 2.24. The molecule has 0 aliphatic rings. The van der Waals surface area contributed by atoms with Gasteiger partial charge in [-0.1, -0.05) is 36.0 Å². The summed E-state index contributed by atoms with van der Waals surface area (Å²) in [5.74, 6) is 0.804. The normalized spacial score (nSPS) is 10.2. The topological polar surface area (TPSA) is 49.6 Å². The summed E-state index contributed by atoms with van der Waals surface area (Å²) in [4.78, 5) is 0. The van der Waals surface area contributed by atoms with E-state index in [1.807, 2.05) is 26.0 Å². The minimum atomic E-state index is 0.645. The van der Waals surface area contributed by atoms with E-state index in [1.54, 1.807) is 11.8 Å². The molecule has 0 atom stereocenters. The lowest BCUT2D eigenvalue weighted by Crippen LogP contribution is -1.99. The van der Waals surface area contributed by atoms with Gasteiger partial charge in [0.1, 0.15) is 11.1 Å². The molecule has 0 bridgehead atoms. The molecule has 0 aliphatic carbocycles. The van der Waals surface area contributed by atoms with Gasteiger partial charge in [-0.3, -0.25) is 0 Å². The van der Waals surface area contributed by atoms with E-state index in [1.165, 1.54) is 11.1 Å². The van der Waals surface area contributed by atoms with Gasteiger partial charge in [0.05, 0.1) is 11.3 Å². The average molecular weight is 269 g/mol. The summed E-state index contributed by atoms with van der Waals surface area (Å²) in [6.45, 7) is 5.88. The second-order valence-corrected chi connectivity index (χ2v) is 5.38. The average Bonchev–Trinajstić information content (AvgIpc) is 2.41. The predicted molar refractivity (Wildman–Crippen MR) is 77.0 cm³/mol. The van der Waals surface area contributed by atoms with Crippen LogP contribution in [0.15, 0.2) is 29.3 Å². The van der Waals surface area contributed by atoms with E-state index in [0.717, 1.165) is 17.0 Å². The van der Waals surface area contributed by atoms with Gasteiger partial charge in [0.2, 0.25) is 0 Å². The molecule has 2 rings (SSSR count). The van der Waals surface area contributed by atoms with Crippen LogP contribution in [-0.2, 0) is 5.75 Å². The van der Waals surface area contributed by atoms with E-state index in [-0.39, 0.29) is 0 Å². The number of benzene rings is 1. The number of aromatic nitrogens is 2. The number of rotatable bonds is 3.